The summed E-state index contributed by atoms with van der Waals surface area (Å²) in [7, 11) is -3.75. The minimum atomic E-state index is -3.75. The molecule has 8 heteroatoms. The monoisotopic (exact) mass is 308 g/mol. The van der Waals surface area contributed by atoms with Gasteiger partial charge in [-0.3, -0.25) is 4.72 Å². The Morgan fingerprint density at radius 1 is 1.45 bits per heavy atom. The van der Waals surface area contributed by atoms with Gasteiger partial charge < -0.3 is 5.73 Å². The van der Waals surface area contributed by atoms with Crippen LogP contribution >= 0.6 is 11.3 Å². The Labute approximate surface area is 121 Å². The summed E-state index contributed by atoms with van der Waals surface area (Å²) in [5.41, 5.74) is 8.10. The largest absolute Gasteiger partial charge is 0.320 e. The highest BCUT2D eigenvalue weighted by molar-refractivity contribution is 7.93. The van der Waals surface area contributed by atoms with Crippen molar-refractivity contribution in [3.8, 4) is 11.8 Å². The van der Waals surface area contributed by atoms with Crippen LogP contribution in [0.1, 0.15) is 11.1 Å². The van der Waals surface area contributed by atoms with Gasteiger partial charge in [0.1, 0.15) is 10.4 Å². The predicted molar refractivity (Wildman–Crippen MR) is 77.8 cm³/mol. The average Bonchev–Trinajstić information content (AvgIpc) is 2.88. The van der Waals surface area contributed by atoms with Crippen molar-refractivity contribution in [2.24, 2.45) is 5.73 Å². The summed E-state index contributed by atoms with van der Waals surface area (Å²) >= 11 is 1.10. The van der Waals surface area contributed by atoms with E-state index in [2.05, 4.69) is 26.8 Å². The van der Waals surface area contributed by atoms with Gasteiger partial charge in [0.2, 0.25) is 5.13 Å². The van der Waals surface area contributed by atoms with Gasteiger partial charge in [-0.1, -0.05) is 29.2 Å². The third-order valence-electron chi connectivity index (χ3n) is 2.33. The van der Waals surface area contributed by atoms with Crippen LogP contribution in [-0.4, -0.2) is 25.2 Å². The van der Waals surface area contributed by atoms with Crippen molar-refractivity contribution in [1.29, 1.82) is 0 Å². The normalized spacial score (nSPS) is 10.7. The van der Waals surface area contributed by atoms with Gasteiger partial charge in [-0.2, -0.15) is 0 Å². The van der Waals surface area contributed by atoms with E-state index >= 15 is 0 Å². The zero-order valence-electron chi connectivity index (χ0n) is 10.6. The summed E-state index contributed by atoms with van der Waals surface area (Å²) in [6, 6.07) is 4.93. The van der Waals surface area contributed by atoms with Gasteiger partial charge in [0, 0.05) is 5.56 Å². The van der Waals surface area contributed by atoms with E-state index in [-0.39, 0.29) is 16.6 Å². The quantitative estimate of drug-likeness (QED) is 0.823. The number of aryl methyl sites for hydroxylation is 1. The van der Waals surface area contributed by atoms with E-state index in [9.17, 15) is 8.42 Å². The SMILES string of the molecule is Cc1ccc(S(=O)(=O)Nc2nncs2)c(C#CCN)c1. The maximum Gasteiger partial charge on any atom is 0.264 e. The summed E-state index contributed by atoms with van der Waals surface area (Å²) in [6.07, 6.45) is 0. The molecule has 2 rings (SSSR count). The van der Waals surface area contributed by atoms with E-state index in [1.807, 2.05) is 6.92 Å². The molecule has 0 radical (unpaired) electrons. The highest BCUT2D eigenvalue weighted by Gasteiger charge is 2.19. The molecule has 20 heavy (non-hydrogen) atoms. The summed E-state index contributed by atoms with van der Waals surface area (Å²) in [6.45, 7) is 2.03. The number of nitrogens with zero attached hydrogens (tertiary/aromatic N) is 2. The van der Waals surface area contributed by atoms with Gasteiger partial charge in [-0.05, 0) is 24.6 Å². The van der Waals surface area contributed by atoms with Gasteiger partial charge in [0.15, 0.2) is 0 Å². The second kappa shape index (κ2) is 6.00. The fourth-order valence-corrected chi connectivity index (χ4v) is 3.35. The average molecular weight is 308 g/mol. The molecule has 0 spiro atoms. The van der Waals surface area contributed by atoms with Crippen molar-refractivity contribution in [2.45, 2.75) is 11.8 Å². The molecule has 0 unspecified atom stereocenters. The van der Waals surface area contributed by atoms with E-state index in [0.717, 1.165) is 16.9 Å². The van der Waals surface area contributed by atoms with Crippen LogP contribution in [0.3, 0.4) is 0 Å². The first-order valence-corrected chi connectivity index (χ1v) is 7.98. The summed E-state index contributed by atoms with van der Waals surface area (Å²) in [5, 5.41) is 7.45. The molecule has 1 aromatic carbocycles. The molecule has 0 saturated heterocycles. The molecule has 0 aliphatic heterocycles. The van der Waals surface area contributed by atoms with Crippen LogP contribution < -0.4 is 10.5 Å². The molecule has 0 amide bonds. The highest BCUT2D eigenvalue weighted by atomic mass is 32.2. The molecule has 0 fully saturated rings. The number of nitrogens with two attached hydrogens (primary N) is 1. The maximum atomic E-state index is 12.3. The lowest BCUT2D eigenvalue weighted by atomic mass is 10.1. The van der Waals surface area contributed by atoms with E-state index in [1.165, 1.54) is 11.6 Å². The first-order valence-electron chi connectivity index (χ1n) is 5.61. The molecule has 0 atom stereocenters. The van der Waals surface area contributed by atoms with Crippen LogP contribution in [0, 0.1) is 18.8 Å². The smallest absolute Gasteiger partial charge is 0.264 e. The number of rotatable bonds is 3. The molecule has 6 nitrogen and oxygen atoms in total. The fourth-order valence-electron chi connectivity index (χ4n) is 1.51. The van der Waals surface area contributed by atoms with Crippen LogP contribution in [0.25, 0.3) is 0 Å². The predicted octanol–water partition coefficient (Wildman–Crippen LogP) is 0.958. The minimum Gasteiger partial charge on any atom is -0.320 e. The molecule has 0 aliphatic rings. The summed E-state index contributed by atoms with van der Waals surface area (Å²) < 4.78 is 27.0. The second-order valence-electron chi connectivity index (χ2n) is 3.85. The van der Waals surface area contributed by atoms with Gasteiger partial charge in [-0.25, -0.2) is 8.42 Å². The molecule has 2 aromatic rings. The van der Waals surface area contributed by atoms with Gasteiger partial charge in [0.25, 0.3) is 10.0 Å². The number of aromatic nitrogens is 2. The Balaban J connectivity index is 2.45. The Bertz CT molecular complexity index is 758. The first kappa shape index (κ1) is 14.5. The van der Waals surface area contributed by atoms with Crippen LogP contribution in [0.2, 0.25) is 0 Å². The third-order valence-corrected chi connectivity index (χ3v) is 4.46. The molecule has 0 aliphatic carbocycles. The zero-order chi connectivity index (χ0) is 14.6. The molecule has 1 aromatic heterocycles. The highest BCUT2D eigenvalue weighted by Crippen LogP contribution is 2.20. The van der Waals surface area contributed by atoms with Crippen molar-refractivity contribution in [2.75, 3.05) is 11.3 Å². The van der Waals surface area contributed by atoms with Crippen LogP contribution in [0.15, 0.2) is 28.6 Å². The standard InChI is InChI=1S/C12H12N4O2S2/c1-9-4-5-11(10(7-9)3-2-6-13)20(17,18)16-12-15-14-8-19-12/h4-5,7-8H,6,13H2,1H3,(H,15,16). The van der Waals surface area contributed by atoms with Crippen molar-refractivity contribution < 1.29 is 8.42 Å². The number of nitrogens with one attached hydrogen (secondary N) is 1. The zero-order valence-corrected chi connectivity index (χ0v) is 12.3. The van der Waals surface area contributed by atoms with Crippen molar-refractivity contribution >= 4 is 26.5 Å². The molecule has 0 bridgehead atoms. The summed E-state index contributed by atoms with van der Waals surface area (Å²) in [4.78, 5) is 0.0965. The summed E-state index contributed by atoms with van der Waals surface area (Å²) in [5.74, 6) is 5.44. The minimum absolute atomic E-state index is 0.0965. The van der Waals surface area contributed by atoms with Crippen molar-refractivity contribution in [3.05, 3.63) is 34.8 Å². The van der Waals surface area contributed by atoms with E-state index in [4.69, 9.17) is 5.73 Å². The lowest BCUT2D eigenvalue weighted by Gasteiger charge is -2.07. The maximum absolute atomic E-state index is 12.3. The Morgan fingerprint density at radius 2 is 2.25 bits per heavy atom. The van der Waals surface area contributed by atoms with E-state index in [1.54, 1.807) is 12.1 Å². The lowest BCUT2D eigenvalue weighted by molar-refractivity contribution is 0.601. The van der Waals surface area contributed by atoms with Gasteiger partial charge >= 0.3 is 0 Å². The van der Waals surface area contributed by atoms with Crippen LogP contribution in [0.4, 0.5) is 5.13 Å². The van der Waals surface area contributed by atoms with Crippen molar-refractivity contribution in [1.82, 2.24) is 10.2 Å². The number of hydrogen-bond donors (Lipinski definition) is 2. The number of anilines is 1. The number of hydrogen-bond acceptors (Lipinski definition) is 6. The van der Waals surface area contributed by atoms with Crippen molar-refractivity contribution in [3.63, 3.8) is 0 Å². The third kappa shape index (κ3) is 3.33. The fraction of sp³-hybridized carbons (Fsp3) is 0.167. The molecular formula is C12H12N4O2S2. The molecule has 1 heterocycles. The Morgan fingerprint density at radius 3 is 2.90 bits per heavy atom. The number of benzene rings is 1. The van der Waals surface area contributed by atoms with Crippen LogP contribution in [-0.2, 0) is 10.0 Å². The molecule has 3 N–H and O–H groups in total. The second-order valence-corrected chi connectivity index (χ2v) is 6.34. The number of sulfonamides is 1. The van der Waals surface area contributed by atoms with Gasteiger partial charge in [0.05, 0.1) is 6.54 Å². The van der Waals surface area contributed by atoms with Gasteiger partial charge in [-0.15, -0.1) is 10.2 Å². The lowest BCUT2D eigenvalue weighted by Crippen LogP contribution is -2.14. The Kier molecular flexibility index (Phi) is 4.34. The first-order chi connectivity index (χ1) is 9.53. The van der Waals surface area contributed by atoms with E-state index < -0.39 is 10.0 Å². The van der Waals surface area contributed by atoms with Crippen LogP contribution in [0.5, 0.6) is 0 Å². The topological polar surface area (TPSA) is 98.0 Å². The Hall–Kier alpha value is -1.95. The molecule has 0 saturated carbocycles. The molecular weight excluding hydrogens is 296 g/mol. The van der Waals surface area contributed by atoms with E-state index in [0.29, 0.717) is 5.56 Å². The molecule has 104 valence electrons.